The minimum Gasteiger partial charge on any atom is -0.493 e. The first-order valence-corrected chi connectivity index (χ1v) is 11.7. The van der Waals surface area contributed by atoms with Crippen LogP contribution in [0, 0.1) is 0 Å². The van der Waals surface area contributed by atoms with Crippen LogP contribution in [0.5, 0.6) is 5.75 Å². The lowest BCUT2D eigenvalue weighted by molar-refractivity contribution is -0.132. The number of carbonyl (C=O) groups is 1. The van der Waals surface area contributed by atoms with Crippen LogP contribution in [0.25, 0.3) is 16.7 Å². The van der Waals surface area contributed by atoms with Gasteiger partial charge in [0.2, 0.25) is 5.91 Å². The molecule has 2 aromatic heterocycles. The molecule has 0 radical (unpaired) electrons. The van der Waals surface area contributed by atoms with Crippen LogP contribution >= 0.6 is 23.2 Å². The number of aromatic nitrogens is 4. The Labute approximate surface area is 206 Å². The number of amides is 1. The fourth-order valence-corrected chi connectivity index (χ4v) is 4.30. The average molecular weight is 497 g/mol. The molecule has 2 aromatic carbocycles. The molecule has 1 aliphatic heterocycles. The smallest absolute Gasteiger partial charge is 0.226 e. The number of fused-ring (bicyclic) bond motifs is 1. The van der Waals surface area contributed by atoms with Crippen LogP contribution < -0.4 is 9.64 Å². The Hall–Kier alpha value is -3.36. The van der Waals surface area contributed by atoms with Gasteiger partial charge in [0.05, 0.1) is 30.3 Å². The standard InChI is InChI=1S/C24H22Cl2N6O2/c25-17-4-6-20(7-5-17)34-13-8-22(33)30-9-11-31(12-10-30)23-21-15-29-32(24(21)28-16-27-23)19-3-1-2-18(26)14-19/h1-7,14-16H,8-13H2. The highest BCUT2D eigenvalue weighted by Crippen LogP contribution is 2.26. The summed E-state index contributed by atoms with van der Waals surface area (Å²) in [4.78, 5) is 25.6. The fourth-order valence-electron chi connectivity index (χ4n) is 3.99. The second-order valence-corrected chi connectivity index (χ2v) is 8.76. The van der Waals surface area contributed by atoms with E-state index >= 15 is 0 Å². The molecule has 1 fully saturated rings. The number of carbonyl (C=O) groups excluding carboxylic acids is 1. The highest BCUT2D eigenvalue weighted by atomic mass is 35.5. The van der Waals surface area contributed by atoms with E-state index in [0.29, 0.717) is 60.6 Å². The third kappa shape index (κ3) is 4.78. The highest BCUT2D eigenvalue weighted by molar-refractivity contribution is 6.31. The van der Waals surface area contributed by atoms with Crippen LogP contribution in [0.15, 0.2) is 61.1 Å². The van der Waals surface area contributed by atoms with Gasteiger partial charge in [-0.1, -0.05) is 29.3 Å². The highest BCUT2D eigenvalue weighted by Gasteiger charge is 2.24. The summed E-state index contributed by atoms with van der Waals surface area (Å²) >= 11 is 12.0. The van der Waals surface area contributed by atoms with E-state index in [2.05, 4.69) is 20.0 Å². The quantitative estimate of drug-likeness (QED) is 0.397. The van der Waals surface area contributed by atoms with E-state index in [-0.39, 0.29) is 5.91 Å². The van der Waals surface area contributed by atoms with E-state index < -0.39 is 0 Å². The number of ether oxygens (including phenoxy) is 1. The Bertz CT molecular complexity index is 1300. The topological polar surface area (TPSA) is 76.4 Å². The molecular weight excluding hydrogens is 475 g/mol. The van der Waals surface area contributed by atoms with Crippen LogP contribution in [-0.4, -0.2) is 63.3 Å². The van der Waals surface area contributed by atoms with Gasteiger partial charge in [-0.15, -0.1) is 0 Å². The predicted octanol–water partition coefficient (Wildman–Crippen LogP) is 4.24. The van der Waals surface area contributed by atoms with E-state index in [0.717, 1.165) is 16.9 Å². The lowest BCUT2D eigenvalue weighted by Gasteiger charge is -2.35. The fraction of sp³-hybridized carbons (Fsp3) is 0.250. The van der Waals surface area contributed by atoms with Crippen molar-refractivity contribution in [3.8, 4) is 11.4 Å². The van der Waals surface area contributed by atoms with Gasteiger partial charge < -0.3 is 14.5 Å². The van der Waals surface area contributed by atoms with Gasteiger partial charge in [0, 0.05) is 36.2 Å². The first-order chi connectivity index (χ1) is 16.6. The number of anilines is 1. The number of halogens is 2. The van der Waals surface area contributed by atoms with Crippen molar-refractivity contribution in [3.63, 3.8) is 0 Å². The van der Waals surface area contributed by atoms with Crippen LogP contribution in [0.2, 0.25) is 10.0 Å². The second-order valence-electron chi connectivity index (χ2n) is 7.89. The second kappa shape index (κ2) is 9.87. The molecule has 1 saturated heterocycles. The summed E-state index contributed by atoms with van der Waals surface area (Å²) in [5.41, 5.74) is 1.55. The molecule has 0 bridgehead atoms. The molecule has 10 heteroatoms. The minimum absolute atomic E-state index is 0.0789. The molecule has 0 atom stereocenters. The molecule has 0 N–H and O–H groups in total. The van der Waals surface area contributed by atoms with Gasteiger partial charge in [-0.3, -0.25) is 4.79 Å². The third-order valence-electron chi connectivity index (χ3n) is 5.73. The maximum atomic E-state index is 12.6. The number of hydrogen-bond acceptors (Lipinski definition) is 6. The molecule has 0 saturated carbocycles. The lowest BCUT2D eigenvalue weighted by atomic mass is 10.2. The van der Waals surface area contributed by atoms with Crippen LogP contribution in [0.1, 0.15) is 6.42 Å². The predicted molar refractivity (Wildman–Crippen MR) is 132 cm³/mol. The van der Waals surface area contributed by atoms with Gasteiger partial charge in [-0.25, -0.2) is 14.6 Å². The van der Waals surface area contributed by atoms with E-state index in [1.165, 1.54) is 0 Å². The Balaban J connectivity index is 1.21. The lowest BCUT2D eigenvalue weighted by Crippen LogP contribution is -2.49. The van der Waals surface area contributed by atoms with Crippen molar-refractivity contribution in [1.82, 2.24) is 24.6 Å². The van der Waals surface area contributed by atoms with Gasteiger partial charge in [0.15, 0.2) is 5.65 Å². The molecule has 1 amide bonds. The van der Waals surface area contributed by atoms with E-state index in [4.69, 9.17) is 27.9 Å². The van der Waals surface area contributed by atoms with Crippen molar-refractivity contribution in [1.29, 1.82) is 0 Å². The Morgan fingerprint density at radius 1 is 0.971 bits per heavy atom. The number of benzene rings is 2. The summed E-state index contributed by atoms with van der Waals surface area (Å²) in [6.45, 7) is 2.92. The summed E-state index contributed by atoms with van der Waals surface area (Å²) in [6.07, 6.45) is 3.65. The zero-order valence-electron chi connectivity index (χ0n) is 18.3. The monoisotopic (exact) mass is 496 g/mol. The summed E-state index contributed by atoms with van der Waals surface area (Å²) in [5.74, 6) is 1.60. The summed E-state index contributed by atoms with van der Waals surface area (Å²) in [5, 5.41) is 6.66. The number of piperazine rings is 1. The molecule has 5 rings (SSSR count). The van der Waals surface area contributed by atoms with Crippen LogP contribution in [-0.2, 0) is 4.79 Å². The Kier molecular flexibility index (Phi) is 6.51. The molecule has 8 nitrogen and oxygen atoms in total. The molecule has 0 unspecified atom stereocenters. The van der Waals surface area contributed by atoms with Crippen molar-refractivity contribution in [3.05, 3.63) is 71.1 Å². The summed E-state index contributed by atoms with van der Waals surface area (Å²) < 4.78 is 7.41. The Morgan fingerprint density at radius 2 is 1.76 bits per heavy atom. The molecule has 34 heavy (non-hydrogen) atoms. The van der Waals surface area contributed by atoms with Crippen LogP contribution in [0.4, 0.5) is 5.82 Å². The number of hydrogen-bond donors (Lipinski definition) is 0. The van der Waals surface area contributed by atoms with Gasteiger partial charge in [-0.05, 0) is 42.5 Å². The van der Waals surface area contributed by atoms with E-state index in [1.54, 1.807) is 41.5 Å². The average Bonchev–Trinajstić information content (AvgIpc) is 3.30. The first kappa shape index (κ1) is 22.4. The van der Waals surface area contributed by atoms with E-state index in [9.17, 15) is 4.79 Å². The maximum absolute atomic E-state index is 12.6. The Morgan fingerprint density at radius 3 is 2.53 bits per heavy atom. The van der Waals surface area contributed by atoms with Crippen molar-refractivity contribution in [2.75, 3.05) is 37.7 Å². The molecule has 1 aliphatic rings. The van der Waals surface area contributed by atoms with Gasteiger partial charge in [0.1, 0.15) is 17.9 Å². The van der Waals surface area contributed by atoms with Gasteiger partial charge in [-0.2, -0.15) is 5.10 Å². The number of nitrogens with zero attached hydrogens (tertiary/aromatic N) is 6. The van der Waals surface area contributed by atoms with Crippen molar-refractivity contribution < 1.29 is 9.53 Å². The van der Waals surface area contributed by atoms with Gasteiger partial charge in [0.25, 0.3) is 0 Å². The maximum Gasteiger partial charge on any atom is 0.226 e. The third-order valence-corrected chi connectivity index (χ3v) is 6.21. The largest absolute Gasteiger partial charge is 0.493 e. The SMILES string of the molecule is O=C(CCOc1ccc(Cl)cc1)N1CCN(c2ncnc3c2cnn3-c2cccc(Cl)c2)CC1. The van der Waals surface area contributed by atoms with Crippen molar-refractivity contribution in [2.24, 2.45) is 0 Å². The van der Waals surface area contributed by atoms with Crippen molar-refractivity contribution in [2.45, 2.75) is 6.42 Å². The minimum atomic E-state index is 0.0789. The normalized spacial score (nSPS) is 13.9. The molecule has 4 aromatic rings. The van der Waals surface area contributed by atoms with Gasteiger partial charge >= 0.3 is 0 Å². The summed E-state index contributed by atoms with van der Waals surface area (Å²) in [6, 6.07) is 14.6. The van der Waals surface area contributed by atoms with Crippen LogP contribution in [0.3, 0.4) is 0 Å². The number of rotatable bonds is 6. The van der Waals surface area contributed by atoms with E-state index in [1.807, 2.05) is 29.2 Å². The zero-order chi connectivity index (χ0) is 23.5. The summed E-state index contributed by atoms with van der Waals surface area (Å²) in [7, 11) is 0. The molecular formula is C24H22Cl2N6O2. The first-order valence-electron chi connectivity index (χ1n) is 10.9. The molecule has 0 spiro atoms. The van der Waals surface area contributed by atoms with Crippen molar-refractivity contribution >= 4 is 46.0 Å². The molecule has 0 aliphatic carbocycles. The zero-order valence-corrected chi connectivity index (χ0v) is 19.8. The molecule has 174 valence electrons. The molecule has 3 heterocycles.